The number of anilines is 3. The van der Waals surface area contributed by atoms with Crippen LogP contribution >= 0.6 is 0 Å². The standard InChI is InChI=1S/C29H39N9O2/c1-6-15-30-27-22(19-32-29(35-27)34-24-13-14-25-23(18-24)20-33-36-25)11-8-7-9-16-31-28(40)21(2)38(5)26(39)12-10-17-37(3)4/h10,12-14,18-21H,6-7,9,15-17H2,1-5H3,(H,31,40)(H,33,36)(H2,30,32,34,35)/b12-10+/t21-/m0/s1. The number of aromatic nitrogens is 4. The third kappa shape index (κ3) is 9.10. The molecule has 0 saturated heterocycles. The van der Waals surface area contributed by atoms with E-state index in [9.17, 15) is 9.59 Å². The van der Waals surface area contributed by atoms with Gasteiger partial charge in [-0.2, -0.15) is 10.1 Å². The Kier molecular flexibility index (Phi) is 11.5. The summed E-state index contributed by atoms with van der Waals surface area (Å²) >= 11 is 0. The summed E-state index contributed by atoms with van der Waals surface area (Å²) in [6, 6.07) is 5.30. The van der Waals surface area contributed by atoms with Crippen molar-refractivity contribution in [3.05, 3.63) is 48.3 Å². The summed E-state index contributed by atoms with van der Waals surface area (Å²) in [6.07, 6.45) is 8.97. The molecule has 4 N–H and O–H groups in total. The third-order valence-electron chi connectivity index (χ3n) is 6.07. The Labute approximate surface area is 235 Å². The minimum absolute atomic E-state index is 0.195. The minimum Gasteiger partial charge on any atom is -0.369 e. The number of amides is 2. The van der Waals surface area contributed by atoms with Crippen molar-refractivity contribution in [2.75, 3.05) is 51.4 Å². The van der Waals surface area contributed by atoms with Crippen molar-refractivity contribution in [1.29, 1.82) is 0 Å². The van der Waals surface area contributed by atoms with E-state index in [1.807, 2.05) is 37.2 Å². The number of likely N-dealkylation sites (N-methyl/N-ethyl adjacent to an activating group) is 2. The topological polar surface area (TPSA) is 131 Å². The summed E-state index contributed by atoms with van der Waals surface area (Å²) in [7, 11) is 5.48. The lowest BCUT2D eigenvalue weighted by Crippen LogP contribution is -2.45. The Morgan fingerprint density at radius 1 is 1.18 bits per heavy atom. The van der Waals surface area contributed by atoms with E-state index in [1.54, 1.807) is 32.4 Å². The fraction of sp³-hybridized carbons (Fsp3) is 0.414. The number of hydrogen-bond acceptors (Lipinski definition) is 8. The number of aromatic amines is 1. The maximum atomic E-state index is 12.5. The zero-order valence-electron chi connectivity index (χ0n) is 23.9. The molecule has 0 aliphatic carbocycles. The third-order valence-corrected chi connectivity index (χ3v) is 6.07. The molecule has 2 heterocycles. The summed E-state index contributed by atoms with van der Waals surface area (Å²) in [6.45, 7) is 5.69. The van der Waals surface area contributed by atoms with E-state index in [1.165, 1.54) is 11.0 Å². The Morgan fingerprint density at radius 3 is 2.77 bits per heavy atom. The van der Waals surface area contributed by atoms with Gasteiger partial charge in [-0.1, -0.05) is 24.8 Å². The Morgan fingerprint density at radius 2 is 2.00 bits per heavy atom. The van der Waals surface area contributed by atoms with Crippen LogP contribution in [0.3, 0.4) is 0 Å². The lowest BCUT2D eigenvalue weighted by molar-refractivity contribution is -0.135. The number of rotatable bonds is 13. The Balaban J connectivity index is 1.51. The molecule has 1 aromatic carbocycles. The second-order valence-electron chi connectivity index (χ2n) is 9.67. The SMILES string of the molecule is CCCNc1nc(Nc2ccc3[nH]ncc3c2)ncc1C#CCCCNC(=O)[C@H](C)N(C)C(=O)/C=C/CN(C)C. The average molecular weight is 546 g/mol. The van der Waals surface area contributed by atoms with E-state index in [-0.39, 0.29) is 11.8 Å². The van der Waals surface area contributed by atoms with Crippen LogP contribution in [0.1, 0.15) is 38.7 Å². The molecule has 0 aliphatic heterocycles. The number of nitrogens with zero attached hydrogens (tertiary/aromatic N) is 5. The van der Waals surface area contributed by atoms with Gasteiger partial charge < -0.3 is 25.8 Å². The van der Waals surface area contributed by atoms with Gasteiger partial charge in [0.15, 0.2) is 0 Å². The Bertz CT molecular complexity index is 1370. The van der Waals surface area contributed by atoms with Crippen molar-refractivity contribution in [3.63, 3.8) is 0 Å². The lowest BCUT2D eigenvalue weighted by atomic mass is 10.2. The van der Waals surface area contributed by atoms with E-state index in [0.717, 1.165) is 29.6 Å². The zero-order valence-corrected chi connectivity index (χ0v) is 23.9. The highest BCUT2D eigenvalue weighted by Crippen LogP contribution is 2.21. The van der Waals surface area contributed by atoms with Crippen molar-refractivity contribution in [2.45, 2.75) is 39.2 Å². The second-order valence-corrected chi connectivity index (χ2v) is 9.67. The largest absolute Gasteiger partial charge is 0.369 e. The maximum absolute atomic E-state index is 12.5. The van der Waals surface area contributed by atoms with E-state index in [2.05, 4.69) is 54.9 Å². The number of fused-ring (bicyclic) bond motifs is 1. The molecule has 2 amide bonds. The van der Waals surface area contributed by atoms with E-state index >= 15 is 0 Å². The van der Waals surface area contributed by atoms with Crippen molar-refractivity contribution >= 4 is 40.2 Å². The molecule has 0 aliphatic rings. The monoisotopic (exact) mass is 545 g/mol. The van der Waals surface area contributed by atoms with Crippen LogP contribution in [0.15, 0.2) is 42.7 Å². The second kappa shape index (κ2) is 15.2. The average Bonchev–Trinajstić information content (AvgIpc) is 3.41. The summed E-state index contributed by atoms with van der Waals surface area (Å²) in [4.78, 5) is 37.2. The molecule has 3 rings (SSSR count). The van der Waals surface area contributed by atoms with Gasteiger partial charge in [0, 0.05) is 50.3 Å². The molecule has 40 heavy (non-hydrogen) atoms. The smallest absolute Gasteiger partial charge is 0.246 e. The molecule has 0 fully saturated rings. The minimum atomic E-state index is -0.569. The van der Waals surface area contributed by atoms with Crippen LogP contribution in [0.2, 0.25) is 0 Å². The first-order valence-electron chi connectivity index (χ1n) is 13.4. The quantitative estimate of drug-likeness (QED) is 0.146. The molecule has 0 saturated carbocycles. The molecule has 3 aromatic rings. The fourth-order valence-electron chi connectivity index (χ4n) is 3.60. The van der Waals surface area contributed by atoms with Gasteiger partial charge in [-0.05, 0) is 52.1 Å². The van der Waals surface area contributed by atoms with Gasteiger partial charge in [-0.25, -0.2) is 4.98 Å². The van der Waals surface area contributed by atoms with Crippen LogP contribution in [-0.2, 0) is 9.59 Å². The number of H-pyrrole nitrogens is 1. The number of hydrogen-bond donors (Lipinski definition) is 4. The number of unbranched alkanes of at least 4 members (excludes halogenated alkanes) is 1. The number of benzene rings is 1. The van der Waals surface area contributed by atoms with Crippen LogP contribution in [-0.4, -0.2) is 88.6 Å². The molecule has 0 unspecified atom stereocenters. The highest BCUT2D eigenvalue weighted by atomic mass is 16.2. The molecular weight excluding hydrogens is 506 g/mol. The highest BCUT2D eigenvalue weighted by molar-refractivity contribution is 5.92. The van der Waals surface area contributed by atoms with Crippen LogP contribution in [0, 0.1) is 11.8 Å². The van der Waals surface area contributed by atoms with Gasteiger partial charge in [0.1, 0.15) is 11.9 Å². The number of carbonyl (C=O) groups is 2. The highest BCUT2D eigenvalue weighted by Gasteiger charge is 2.20. The zero-order chi connectivity index (χ0) is 28.9. The number of carbonyl (C=O) groups excluding carboxylic acids is 2. The summed E-state index contributed by atoms with van der Waals surface area (Å²) < 4.78 is 0. The first-order valence-corrected chi connectivity index (χ1v) is 13.4. The van der Waals surface area contributed by atoms with Crippen molar-refractivity contribution in [1.82, 2.24) is 35.3 Å². The number of nitrogens with one attached hydrogen (secondary N) is 4. The molecule has 1 atom stereocenters. The van der Waals surface area contributed by atoms with Crippen LogP contribution in [0.4, 0.5) is 17.5 Å². The van der Waals surface area contributed by atoms with Gasteiger partial charge in [-0.3, -0.25) is 14.7 Å². The molecule has 0 spiro atoms. The maximum Gasteiger partial charge on any atom is 0.246 e. The summed E-state index contributed by atoms with van der Waals surface area (Å²) in [5.74, 6) is 7.05. The van der Waals surface area contributed by atoms with Crippen LogP contribution in [0.5, 0.6) is 0 Å². The summed E-state index contributed by atoms with van der Waals surface area (Å²) in [5.41, 5.74) is 2.54. The molecule has 2 aromatic heterocycles. The molecule has 11 heteroatoms. The van der Waals surface area contributed by atoms with Gasteiger partial charge in [0.25, 0.3) is 0 Å². The van der Waals surface area contributed by atoms with E-state index < -0.39 is 6.04 Å². The van der Waals surface area contributed by atoms with Gasteiger partial charge in [0.05, 0.1) is 23.5 Å². The van der Waals surface area contributed by atoms with Crippen LogP contribution < -0.4 is 16.0 Å². The van der Waals surface area contributed by atoms with Gasteiger partial charge in [-0.15, -0.1) is 0 Å². The molecule has 0 radical (unpaired) electrons. The normalized spacial score (nSPS) is 11.8. The van der Waals surface area contributed by atoms with Crippen molar-refractivity contribution < 1.29 is 9.59 Å². The predicted octanol–water partition coefficient (Wildman–Crippen LogP) is 3.13. The first-order chi connectivity index (χ1) is 19.3. The van der Waals surface area contributed by atoms with Crippen molar-refractivity contribution in [2.24, 2.45) is 0 Å². The fourth-order valence-corrected chi connectivity index (χ4v) is 3.60. The van der Waals surface area contributed by atoms with E-state index in [0.29, 0.717) is 43.3 Å². The van der Waals surface area contributed by atoms with Crippen LogP contribution in [0.25, 0.3) is 10.9 Å². The van der Waals surface area contributed by atoms with E-state index in [4.69, 9.17) is 0 Å². The molecule has 212 valence electrons. The van der Waals surface area contributed by atoms with Gasteiger partial charge >= 0.3 is 0 Å². The predicted molar refractivity (Wildman–Crippen MR) is 159 cm³/mol. The van der Waals surface area contributed by atoms with Gasteiger partial charge in [0.2, 0.25) is 17.8 Å². The molecule has 11 nitrogen and oxygen atoms in total. The van der Waals surface area contributed by atoms with Crippen molar-refractivity contribution in [3.8, 4) is 11.8 Å². The summed E-state index contributed by atoms with van der Waals surface area (Å²) in [5, 5.41) is 17.4. The lowest BCUT2D eigenvalue weighted by Gasteiger charge is -2.23. The first kappa shape index (κ1) is 30.1. The Hall–Kier alpha value is -4.43. The molecular formula is C29H39N9O2. The molecule has 0 bridgehead atoms.